The van der Waals surface area contributed by atoms with Crippen molar-refractivity contribution in [2.75, 3.05) is 13.2 Å². The van der Waals surface area contributed by atoms with Gasteiger partial charge in [0.2, 0.25) is 17.7 Å². The van der Waals surface area contributed by atoms with Crippen molar-refractivity contribution in [2.24, 2.45) is 29.6 Å². The highest BCUT2D eigenvalue weighted by atomic mass is 16.3. The molecule has 6 heteroatoms. The van der Waals surface area contributed by atoms with E-state index in [9.17, 15) is 14.4 Å². The molecule has 0 aromatic heterocycles. The maximum absolute atomic E-state index is 11.1. The van der Waals surface area contributed by atoms with Crippen LogP contribution in [-0.4, -0.2) is 36.0 Å². The third-order valence-corrected chi connectivity index (χ3v) is 4.17. The number of aliphatic hydroxyl groups excluding tert-OH is 1. The summed E-state index contributed by atoms with van der Waals surface area (Å²) in [4.78, 5) is 32.7. The van der Waals surface area contributed by atoms with Gasteiger partial charge in [0, 0.05) is 31.9 Å². The summed E-state index contributed by atoms with van der Waals surface area (Å²) in [6.45, 7) is 17.7. The van der Waals surface area contributed by atoms with Crippen molar-refractivity contribution in [1.29, 1.82) is 0 Å². The fourth-order valence-electron chi connectivity index (χ4n) is 2.20. The number of rotatable bonds is 8. The number of carbonyl (C=O) groups is 3. The zero-order valence-electron chi connectivity index (χ0n) is 19.3. The molecule has 0 spiro atoms. The topological polar surface area (TPSA) is 95.5 Å². The van der Waals surface area contributed by atoms with Gasteiger partial charge in [0.1, 0.15) is 0 Å². The van der Waals surface area contributed by atoms with Gasteiger partial charge in [-0.15, -0.1) is 0 Å². The van der Waals surface area contributed by atoms with Gasteiger partial charge >= 0.3 is 0 Å². The first-order valence-electron chi connectivity index (χ1n) is 10.6. The molecule has 0 bridgehead atoms. The molecule has 0 saturated carbocycles. The third-order valence-electron chi connectivity index (χ3n) is 4.17. The van der Waals surface area contributed by atoms with Crippen molar-refractivity contribution >= 4 is 17.7 Å². The Morgan fingerprint density at radius 1 is 1.00 bits per heavy atom. The van der Waals surface area contributed by atoms with Gasteiger partial charge in [0.25, 0.3) is 0 Å². The summed E-state index contributed by atoms with van der Waals surface area (Å²) in [5.74, 6) is 1.94. The number of nitrogens with one attached hydrogen (secondary N) is 2. The van der Waals surface area contributed by atoms with Crippen LogP contribution in [0.4, 0.5) is 0 Å². The molecule has 166 valence electrons. The first-order valence-corrected chi connectivity index (χ1v) is 10.6. The maximum atomic E-state index is 11.1. The van der Waals surface area contributed by atoms with Gasteiger partial charge in [-0.2, -0.15) is 0 Å². The van der Waals surface area contributed by atoms with Gasteiger partial charge in [0.05, 0.1) is 0 Å². The first kappa shape index (κ1) is 28.8. The molecule has 0 aromatic rings. The molecule has 1 unspecified atom stereocenters. The van der Waals surface area contributed by atoms with Crippen LogP contribution in [0.15, 0.2) is 0 Å². The Bertz CT molecular complexity index is 432. The van der Waals surface area contributed by atoms with Crippen LogP contribution >= 0.6 is 0 Å². The molecule has 1 rings (SSSR count). The summed E-state index contributed by atoms with van der Waals surface area (Å²) < 4.78 is 0. The Hall–Kier alpha value is -1.43. The fourth-order valence-corrected chi connectivity index (χ4v) is 2.20. The molecule has 0 radical (unpaired) electrons. The summed E-state index contributed by atoms with van der Waals surface area (Å²) >= 11 is 0. The lowest BCUT2D eigenvalue weighted by Gasteiger charge is -2.08. The molecule has 1 aliphatic heterocycles. The van der Waals surface area contributed by atoms with E-state index in [4.69, 9.17) is 5.11 Å². The molecule has 1 fully saturated rings. The van der Waals surface area contributed by atoms with Crippen LogP contribution in [0.25, 0.3) is 0 Å². The van der Waals surface area contributed by atoms with Gasteiger partial charge in [-0.05, 0) is 36.5 Å². The summed E-state index contributed by atoms with van der Waals surface area (Å²) in [7, 11) is 0. The number of hydrogen-bond acceptors (Lipinski definition) is 4. The van der Waals surface area contributed by atoms with Crippen molar-refractivity contribution in [3.05, 3.63) is 0 Å². The molecule has 3 N–H and O–H groups in total. The molecule has 28 heavy (non-hydrogen) atoms. The van der Waals surface area contributed by atoms with Gasteiger partial charge in [0.15, 0.2) is 0 Å². The fraction of sp³-hybridized carbons (Fsp3) is 0.864. The molecule has 3 amide bonds. The van der Waals surface area contributed by atoms with E-state index in [0.29, 0.717) is 37.2 Å². The molecular weight excluding hydrogens is 356 g/mol. The van der Waals surface area contributed by atoms with Crippen molar-refractivity contribution in [3.8, 4) is 0 Å². The average molecular weight is 401 g/mol. The Morgan fingerprint density at radius 3 is 1.79 bits per heavy atom. The lowest BCUT2D eigenvalue weighted by molar-refractivity contribution is -0.126. The molecule has 6 nitrogen and oxygen atoms in total. The van der Waals surface area contributed by atoms with Gasteiger partial charge < -0.3 is 10.4 Å². The minimum absolute atomic E-state index is 0.0903. The van der Waals surface area contributed by atoms with E-state index in [0.717, 1.165) is 19.4 Å². The van der Waals surface area contributed by atoms with Crippen LogP contribution < -0.4 is 10.6 Å². The Balaban J connectivity index is 0. The summed E-state index contributed by atoms with van der Waals surface area (Å²) in [5.41, 5.74) is 0. The van der Waals surface area contributed by atoms with Crippen molar-refractivity contribution in [3.63, 3.8) is 0 Å². The number of hydrogen-bond donors (Lipinski definition) is 3. The van der Waals surface area contributed by atoms with Crippen LogP contribution in [0.3, 0.4) is 0 Å². The highest BCUT2D eigenvalue weighted by molar-refractivity contribution is 6.03. The molecule has 1 heterocycles. The van der Waals surface area contributed by atoms with Gasteiger partial charge in [-0.1, -0.05) is 55.4 Å². The van der Waals surface area contributed by atoms with Crippen molar-refractivity contribution in [1.82, 2.24) is 10.6 Å². The number of carbonyl (C=O) groups excluding carboxylic acids is 3. The van der Waals surface area contributed by atoms with E-state index in [-0.39, 0.29) is 29.6 Å². The normalized spacial score (nSPS) is 16.0. The predicted octanol–water partition coefficient (Wildman–Crippen LogP) is 3.52. The van der Waals surface area contributed by atoms with Crippen LogP contribution in [-0.2, 0) is 14.4 Å². The van der Waals surface area contributed by atoms with Crippen molar-refractivity contribution < 1.29 is 19.5 Å². The average Bonchev–Trinajstić information content (AvgIpc) is 2.90. The standard InChI is InChI=1S/C10H21NO.C7H11NO2.C5H12O/c1-8(2)5-6-10(12)11-7-9(3)4;1-4(2)5-3-6(9)8-7(5)10;1-5(2)3-4-6/h8-9H,5-7H2,1-4H3,(H,11,12);4-5H,3H2,1-2H3,(H,8,9,10);5-6H,3-4H2,1-2H3. The monoisotopic (exact) mass is 400 g/mol. The summed E-state index contributed by atoms with van der Waals surface area (Å²) in [6.07, 6.45) is 2.96. The third kappa shape index (κ3) is 18.0. The first-order chi connectivity index (χ1) is 12.9. The van der Waals surface area contributed by atoms with E-state index in [2.05, 4.69) is 52.2 Å². The minimum Gasteiger partial charge on any atom is -0.396 e. The smallest absolute Gasteiger partial charge is 0.230 e. The molecular formula is C22H44N2O4. The minimum atomic E-state index is -0.135. The van der Waals surface area contributed by atoms with Crippen LogP contribution in [0.1, 0.15) is 81.1 Å². The molecule has 1 saturated heterocycles. The molecule has 1 atom stereocenters. The van der Waals surface area contributed by atoms with Gasteiger partial charge in [-0.3, -0.25) is 19.7 Å². The van der Waals surface area contributed by atoms with Crippen LogP contribution in [0, 0.1) is 29.6 Å². The number of imide groups is 1. The Kier molecular flexibility index (Phi) is 17.0. The Labute approximate surface area is 172 Å². The van der Waals surface area contributed by atoms with Gasteiger partial charge in [-0.25, -0.2) is 0 Å². The van der Waals surface area contributed by atoms with E-state index in [1.807, 2.05) is 13.8 Å². The van der Waals surface area contributed by atoms with E-state index < -0.39 is 0 Å². The van der Waals surface area contributed by atoms with Crippen LogP contribution in [0.5, 0.6) is 0 Å². The number of amides is 3. The molecule has 0 aromatic carbocycles. The van der Waals surface area contributed by atoms with E-state index >= 15 is 0 Å². The second-order valence-corrected chi connectivity index (χ2v) is 9.00. The van der Waals surface area contributed by atoms with Crippen LogP contribution in [0.2, 0.25) is 0 Å². The summed E-state index contributed by atoms with van der Waals surface area (Å²) in [5, 5.41) is 13.4. The zero-order chi connectivity index (χ0) is 22.3. The lowest BCUT2D eigenvalue weighted by Crippen LogP contribution is -2.27. The predicted molar refractivity (Wildman–Crippen MR) is 115 cm³/mol. The summed E-state index contributed by atoms with van der Waals surface area (Å²) in [6, 6.07) is 0. The second kappa shape index (κ2) is 16.5. The SMILES string of the molecule is CC(C)C1CC(=O)NC1=O.CC(C)CCC(=O)NCC(C)C.CC(C)CCO. The Morgan fingerprint density at radius 2 is 1.54 bits per heavy atom. The van der Waals surface area contributed by atoms with E-state index in [1.165, 1.54) is 0 Å². The maximum Gasteiger partial charge on any atom is 0.230 e. The number of aliphatic hydroxyl groups is 1. The molecule has 0 aliphatic carbocycles. The highest BCUT2D eigenvalue weighted by Crippen LogP contribution is 2.19. The highest BCUT2D eigenvalue weighted by Gasteiger charge is 2.32. The van der Waals surface area contributed by atoms with E-state index in [1.54, 1.807) is 0 Å². The lowest BCUT2D eigenvalue weighted by atomic mass is 9.95. The van der Waals surface area contributed by atoms with Crippen molar-refractivity contribution in [2.45, 2.75) is 81.1 Å². The zero-order valence-corrected chi connectivity index (χ0v) is 19.3. The second-order valence-electron chi connectivity index (χ2n) is 9.00. The quantitative estimate of drug-likeness (QED) is 0.543. The largest absolute Gasteiger partial charge is 0.396 e. The molecule has 1 aliphatic rings.